The molecule has 0 bridgehead atoms. The van der Waals surface area contributed by atoms with Crippen LogP contribution in [0.15, 0.2) is 52.3 Å². The number of sulfone groups is 1. The van der Waals surface area contributed by atoms with Crippen LogP contribution in [0, 0.1) is 12.7 Å². The first-order chi connectivity index (χ1) is 12.3. The fourth-order valence-corrected chi connectivity index (χ4v) is 4.87. The molecule has 1 aliphatic heterocycles. The molecule has 0 saturated carbocycles. The number of hydrogen-bond donors (Lipinski definition) is 1. The van der Waals surface area contributed by atoms with Gasteiger partial charge in [0.25, 0.3) is 0 Å². The van der Waals surface area contributed by atoms with E-state index in [0.717, 1.165) is 36.7 Å². The van der Waals surface area contributed by atoms with E-state index < -0.39 is 15.7 Å². The van der Waals surface area contributed by atoms with Gasteiger partial charge in [0.2, 0.25) is 15.7 Å². The number of primary amides is 1. The second kappa shape index (κ2) is 7.17. The van der Waals surface area contributed by atoms with Crippen molar-refractivity contribution >= 4 is 15.7 Å². The number of halogens is 1. The van der Waals surface area contributed by atoms with Crippen LogP contribution in [-0.4, -0.2) is 38.9 Å². The highest BCUT2D eigenvalue weighted by molar-refractivity contribution is 7.91. The molecule has 1 aliphatic rings. The van der Waals surface area contributed by atoms with Gasteiger partial charge in [-0.3, -0.25) is 9.69 Å². The number of rotatable bonds is 5. The Kier molecular flexibility index (Phi) is 5.11. The second-order valence-corrected chi connectivity index (χ2v) is 8.62. The van der Waals surface area contributed by atoms with E-state index in [-0.39, 0.29) is 28.2 Å². The topological polar surface area (TPSA) is 80.5 Å². The van der Waals surface area contributed by atoms with Crippen molar-refractivity contribution in [2.45, 2.75) is 29.1 Å². The third kappa shape index (κ3) is 3.78. The summed E-state index contributed by atoms with van der Waals surface area (Å²) in [5.74, 6) is -0.695. The average molecular weight is 376 g/mol. The van der Waals surface area contributed by atoms with Crippen molar-refractivity contribution in [1.82, 2.24) is 4.90 Å². The highest BCUT2D eigenvalue weighted by Gasteiger charge is 2.27. The summed E-state index contributed by atoms with van der Waals surface area (Å²) in [7, 11) is -3.76. The summed E-state index contributed by atoms with van der Waals surface area (Å²) in [5, 5.41) is 0. The summed E-state index contributed by atoms with van der Waals surface area (Å²) in [6, 6.07) is 10.0. The Hall–Kier alpha value is -2.25. The zero-order valence-corrected chi connectivity index (χ0v) is 15.3. The van der Waals surface area contributed by atoms with E-state index in [1.54, 1.807) is 12.1 Å². The number of amides is 1. The number of likely N-dealkylation sites (tertiary alicyclic amines) is 1. The van der Waals surface area contributed by atoms with Gasteiger partial charge in [-0.15, -0.1) is 0 Å². The van der Waals surface area contributed by atoms with Crippen molar-refractivity contribution in [3.63, 3.8) is 0 Å². The highest BCUT2D eigenvalue weighted by Crippen LogP contribution is 2.31. The van der Waals surface area contributed by atoms with Crippen molar-refractivity contribution in [3.8, 4) is 0 Å². The fraction of sp³-hybridized carbons (Fsp3) is 0.316. The van der Waals surface area contributed by atoms with Crippen LogP contribution >= 0.6 is 0 Å². The summed E-state index contributed by atoms with van der Waals surface area (Å²) < 4.78 is 38.8. The first kappa shape index (κ1) is 18.5. The van der Waals surface area contributed by atoms with Gasteiger partial charge in [0.15, 0.2) is 0 Å². The Bertz CT molecular complexity index is 944. The van der Waals surface area contributed by atoms with Gasteiger partial charge in [-0.05, 0) is 67.3 Å². The van der Waals surface area contributed by atoms with Gasteiger partial charge in [-0.1, -0.05) is 12.1 Å². The van der Waals surface area contributed by atoms with E-state index in [1.165, 1.54) is 18.2 Å². The van der Waals surface area contributed by atoms with E-state index in [9.17, 15) is 17.6 Å². The normalized spacial score (nSPS) is 18.2. The zero-order chi connectivity index (χ0) is 18.9. The summed E-state index contributed by atoms with van der Waals surface area (Å²) >= 11 is 0. The van der Waals surface area contributed by atoms with Crippen LogP contribution < -0.4 is 5.73 Å². The molecule has 0 aliphatic carbocycles. The molecule has 2 N–H and O–H groups in total. The number of benzene rings is 2. The number of carbonyl (C=O) groups is 1. The van der Waals surface area contributed by atoms with Crippen LogP contribution in [0.1, 0.15) is 23.5 Å². The SMILES string of the molecule is Cc1cc(S(=O)(=O)c2cccc(F)c2)ccc1C1CCN(CC(N)=O)C1. The third-order valence-corrected chi connectivity index (χ3v) is 6.50. The van der Waals surface area contributed by atoms with Gasteiger partial charge >= 0.3 is 0 Å². The van der Waals surface area contributed by atoms with Gasteiger partial charge in [-0.25, -0.2) is 12.8 Å². The van der Waals surface area contributed by atoms with Crippen molar-refractivity contribution in [2.75, 3.05) is 19.6 Å². The molecule has 7 heteroatoms. The average Bonchev–Trinajstić information content (AvgIpc) is 3.02. The van der Waals surface area contributed by atoms with E-state index in [2.05, 4.69) is 0 Å². The van der Waals surface area contributed by atoms with Crippen molar-refractivity contribution in [2.24, 2.45) is 5.73 Å². The van der Waals surface area contributed by atoms with Crippen molar-refractivity contribution in [3.05, 3.63) is 59.4 Å². The molecule has 1 amide bonds. The van der Waals surface area contributed by atoms with Gasteiger partial charge in [0.05, 0.1) is 16.3 Å². The predicted octanol–water partition coefficient (Wildman–Crippen LogP) is 2.24. The van der Waals surface area contributed by atoms with Crippen molar-refractivity contribution < 1.29 is 17.6 Å². The number of nitrogens with zero attached hydrogens (tertiary/aromatic N) is 1. The molecule has 1 heterocycles. The molecule has 3 rings (SSSR count). The minimum absolute atomic E-state index is 0.0573. The fourth-order valence-electron chi connectivity index (χ4n) is 3.49. The molecule has 1 fully saturated rings. The Morgan fingerprint density at radius 2 is 1.96 bits per heavy atom. The van der Waals surface area contributed by atoms with Crippen LogP contribution in [0.4, 0.5) is 4.39 Å². The monoisotopic (exact) mass is 376 g/mol. The first-order valence-corrected chi connectivity index (χ1v) is 9.87. The molecule has 1 atom stereocenters. The summed E-state index contributed by atoms with van der Waals surface area (Å²) in [6.45, 7) is 3.62. The maximum absolute atomic E-state index is 13.4. The Morgan fingerprint density at radius 1 is 1.23 bits per heavy atom. The quantitative estimate of drug-likeness (QED) is 0.868. The molecule has 2 aromatic rings. The van der Waals surface area contributed by atoms with Crippen LogP contribution in [0.5, 0.6) is 0 Å². The van der Waals surface area contributed by atoms with E-state index in [0.29, 0.717) is 0 Å². The molecule has 1 unspecified atom stereocenters. The number of hydrogen-bond acceptors (Lipinski definition) is 4. The van der Waals surface area contributed by atoms with Crippen LogP contribution in [0.25, 0.3) is 0 Å². The third-order valence-electron chi connectivity index (χ3n) is 4.75. The second-order valence-electron chi connectivity index (χ2n) is 6.67. The van der Waals surface area contributed by atoms with E-state index in [4.69, 9.17) is 5.73 Å². The lowest BCUT2D eigenvalue weighted by Gasteiger charge is -2.16. The summed E-state index contributed by atoms with van der Waals surface area (Å²) in [6.07, 6.45) is 0.893. The van der Waals surface area contributed by atoms with E-state index >= 15 is 0 Å². The minimum Gasteiger partial charge on any atom is -0.369 e. The largest absolute Gasteiger partial charge is 0.369 e. The Morgan fingerprint density at radius 3 is 2.62 bits per heavy atom. The lowest BCUT2D eigenvalue weighted by atomic mass is 9.94. The zero-order valence-electron chi connectivity index (χ0n) is 14.5. The molecule has 0 aromatic heterocycles. The van der Waals surface area contributed by atoms with Crippen LogP contribution in [0.2, 0.25) is 0 Å². The lowest BCUT2D eigenvalue weighted by molar-refractivity contribution is -0.118. The van der Waals surface area contributed by atoms with Crippen LogP contribution in [-0.2, 0) is 14.6 Å². The Labute approximate surface area is 152 Å². The number of nitrogens with two attached hydrogens (primary N) is 1. The molecule has 26 heavy (non-hydrogen) atoms. The molecule has 1 saturated heterocycles. The minimum atomic E-state index is -3.76. The van der Waals surface area contributed by atoms with E-state index in [1.807, 2.05) is 17.9 Å². The maximum atomic E-state index is 13.4. The summed E-state index contributed by atoms with van der Waals surface area (Å²) in [4.78, 5) is 13.2. The van der Waals surface area contributed by atoms with Gasteiger partial charge in [0.1, 0.15) is 5.82 Å². The molecule has 5 nitrogen and oxygen atoms in total. The maximum Gasteiger partial charge on any atom is 0.231 e. The number of aryl methyl sites for hydroxylation is 1. The first-order valence-electron chi connectivity index (χ1n) is 8.39. The highest BCUT2D eigenvalue weighted by atomic mass is 32.2. The molecule has 0 radical (unpaired) electrons. The van der Waals surface area contributed by atoms with Gasteiger partial charge < -0.3 is 5.73 Å². The smallest absolute Gasteiger partial charge is 0.231 e. The van der Waals surface area contributed by atoms with Gasteiger partial charge in [-0.2, -0.15) is 0 Å². The van der Waals surface area contributed by atoms with Gasteiger partial charge in [0, 0.05) is 6.54 Å². The molecular weight excluding hydrogens is 355 g/mol. The molecule has 2 aromatic carbocycles. The standard InChI is InChI=1S/C19H21FN2O3S/c1-13-9-17(26(24,25)16-4-2-3-15(20)10-16)5-6-18(13)14-7-8-22(11-14)12-19(21)23/h2-6,9-10,14H,7-8,11-12H2,1H3,(H2,21,23). The predicted molar refractivity (Wildman–Crippen MR) is 96.0 cm³/mol. The molecule has 138 valence electrons. The van der Waals surface area contributed by atoms with Crippen LogP contribution in [0.3, 0.4) is 0 Å². The lowest BCUT2D eigenvalue weighted by Crippen LogP contribution is -2.31. The van der Waals surface area contributed by atoms with Crippen molar-refractivity contribution in [1.29, 1.82) is 0 Å². The Balaban J connectivity index is 1.85. The molecular formula is C19H21FN2O3S. The molecule has 0 spiro atoms. The summed E-state index contributed by atoms with van der Waals surface area (Å²) in [5.41, 5.74) is 7.18. The number of carbonyl (C=O) groups excluding carboxylic acids is 1.